The van der Waals surface area contributed by atoms with Gasteiger partial charge in [-0.15, -0.1) is 0 Å². The Kier molecular flexibility index (Phi) is 6.80. The van der Waals surface area contributed by atoms with Gasteiger partial charge in [0, 0.05) is 29.8 Å². The number of hydrogen-bond donors (Lipinski definition) is 1. The summed E-state index contributed by atoms with van der Waals surface area (Å²) in [6, 6.07) is 12.1. The molecule has 0 spiro atoms. The van der Waals surface area contributed by atoms with Crippen molar-refractivity contribution in [3.05, 3.63) is 58.1 Å². The first-order valence-corrected chi connectivity index (χ1v) is 9.12. The minimum absolute atomic E-state index is 0.0840. The van der Waals surface area contributed by atoms with Crippen LogP contribution in [0.1, 0.15) is 34.6 Å². The minimum atomic E-state index is -0.267. The summed E-state index contributed by atoms with van der Waals surface area (Å²) in [4.78, 5) is 26.1. The SMILES string of the molecule is CC(C)COc1ccc(Br)cc1C(=O)Nc1ccc(C(=O)N(C)C)cc1. The van der Waals surface area contributed by atoms with Crippen molar-refractivity contribution >= 4 is 33.4 Å². The van der Waals surface area contributed by atoms with E-state index in [2.05, 4.69) is 35.1 Å². The number of nitrogens with zero attached hydrogens (tertiary/aromatic N) is 1. The second-order valence-corrected chi connectivity index (χ2v) is 7.49. The van der Waals surface area contributed by atoms with Crippen molar-refractivity contribution in [3.63, 3.8) is 0 Å². The molecule has 0 fully saturated rings. The number of rotatable bonds is 6. The van der Waals surface area contributed by atoms with Crippen LogP contribution < -0.4 is 10.1 Å². The lowest BCUT2D eigenvalue weighted by molar-refractivity contribution is 0.0827. The lowest BCUT2D eigenvalue weighted by Gasteiger charge is -2.14. The van der Waals surface area contributed by atoms with Gasteiger partial charge in [-0.05, 0) is 48.4 Å². The molecule has 2 rings (SSSR count). The minimum Gasteiger partial charge on any atom is -0.492 e. The fourth-order valence-electron chi connectivity index (χ4n) is 2.21. The van der Waals surface area contributed by atoms with Crippen LogP contribution in [0.25, 0.3) is 0 Å². The molecule has 0 saturated heterocycles. The molecule has 0 aliphatic heterocycles. The number of nitrogens with one attached hydrogen (secondary N) is 1. The number of halogens is 1. The van der Waals surface area contributed by atoms with Crippen LogP contribution in [-0.2, 0) is 0 Å². The molecule has 138 valence electrons. The smallest absolute Gasteiger partial charge is 0.259 e. The van der Waals surface area contributed by atoms with Gasteiger partial charge in [-0.3, -0.25) is 9.59 Å². The summed E-state index contributed by atoms with van der Waals surface area (Å²) in [6.07, 6.45) is 0. The van der Waals surface area contributed by atoms with Crippen molar-refractivity contribution in [1.82, 2.24) is 4.90 Å². The number of benzene rings is 2. The summed E-state index contributed by atoms with van der Waals surface area (Å²) in [5.41, 5.74) is 1.63. The van der Waals surface area contributed by atoms with E-state index in [9.17, 15) is 9.59 Å². The van der Waals surface area contributed by atoms with E-state index in [1.54, 1.807) is 50.5 Å². The average Bonchev–Trinajstić information content (AvgIpc) is 2.60. The molecule has 0 radical (unpaired) electrons. The van der Waals surface area contributed by atoms with Crippen LogP contribution in [0, 0.1) is 5.92 Å². The number of amides is 2. The van der Waals surface area contributed by atoms with Crippen molar-refractivity contribution in [2.75, 3.05) is 26.0 Å². The Labute approximate surface area is 162 Å². The van der Waals surface area contributed by atoms with E-state index in [-0.39, 0.29) is 11.8 Å². The Balaban J connectivity index is 2.16. The molecule has 0 unspecified atom stereocenters. The molecule has 0 saturated carbocycles. The van der Waals surface area contributed by atoms with Crippen LogP contribution >= 0.6 is 15.9 Å². The largest absolute Gasteiger partial charge is 0.492 e. The molecule has 2 aromatic rings. The summed E-state index contributed by atoms with van der Waals surface area (Å²) in [5, 5.41) is 2.84. The second-order valence-electron chi connectivity index (χ2n) is 6.58. The zero-order chi connectivity index (χ0) is 19.3. The van der Waals surface area contributed by atoms with Crippen molar-refractivity contribution in [3.8, 4) is 5.75 Å². The Morgan fingerprint density at radius 2 is 1.77 bits per heavy atom. The quantitative estimate of drug-likeness (QED) is 0.753. The molecule has 26 heavy (non-hydrogen) atoms. The van der Waals surface area contributed by atoms with E-state index in [0.29, 0.717) is 35.1 Å². The van der Waals surface area contributed by atoms with Gasteiger partial charge < -0.3 is 15.0 Å². The van der Waals surface area contributed by atoms with Crippen molar-refractivity contribution in [1.29, 1.82) is 0 Å². The van der Waals surface area contributed by atoms with Gasteiger partial charge in [-0.2, -0.15) is 0 Å². The van der Waals surface area contributed by atoms with Gasteiger partial charge >= 0.3 is 0 Å². The number of ether oxygens (including phenoxy) is 1. The monoisotopic (exact) mass is 418 g/mol. The highest BCUT2D eigenvalue weighted by atomic mass is 79.9. The van der Waals surface area contributed by atoms with E-state index < -0.39 is 0 Å². The molecule has 0 heterocycles. The topological polar surface area (TPSA) is 58.6 Å². The van der Waals surface area contributed by atoms with Crippen LogP contribution in [-0.4, -0.2) is 37.4 Å². The number of carbonyl (C=O) groups excluding carboxylic acids is 2. The Bertz CT molecular complexity index is 786. The van der Waals surface area contributed by atoms with E-state index >= 15 is 0 Å². The predicted octanol–water partition coefficient (Wildman–Crippen LogP) is 4.44. The molecule has 1 N–H and O–H groups in total. The molecule has 0 aliphatic carbocycles. The first kappa shape index (κ1) is 20.0. The summed E-state index contributed by atoms with van der Waals surface area (Å²) < 4.78 is 6.56. The van der Waals surface area contributed by atoms with Gasteiger partial charge in [-0.1, -0.05) is 29.8 Å². The van der Waals surface area contributed by atoms with Gasteiger partial charge in [0.05, 0.1) is 12.2 Å². The van der Waals surface area contributed by atoms with Crippen LogP contribution in [0.2, 0.25) is 0 Å². The zero-order valence-corrected chi connectivity index (χ0v) is 17.0. The van der Waals surface area contributed by atoms with Gasteiger partial charge in [0.25, 0.3) is 11.8 Å². The number of anilines is 1. The van der Waals surface area contributed by atoms with Gasteiger partial charge in [0.2, 0.25) is 0 Å². The zero-order valence-electron chi connectivity index (χ0n) is 15.4. The van der Waals surface area contributed by atoms with Crippen molar-refractivity contribution in [2.45, 2.75) is 13.8 Å². The molecule has 0 bridgehead atoms. The number of hydrogen-bond acceptors (Lipinski definition) is 3. The van der Waals surface area contributed by atoms with E-state index in [4.69, 9.17) is 4.74 Å². The summed E-state index contributed by atoms with van der Waals surface area (Å²) in [5.74, 6) is 0.547. The third-order valence-corrected chi connectivity index (χ3v) is 4.05. The van der Waals surface area contributed by atoms with E-state index in [1.807, 2.05) is 6.07 Å². The van der Waals surface area contributed by atoms with Crippen LogP contribution in [0.4, 0.5) is 5.69 Å². The molecule has 0 aliphatic rings. The third kappa shape index (κ3) is 5.33. The highest BCUT2D eigenvalue weighted by molar-refractivity contribution is 9.10. The van der Waals surface area contributed by atoms with Crippen molar-refractivity contribution in [2.24, 2.45) is 5.92 Å². The molecule has 5 nitrogen and oxygen atoms in total. The molecular weight excluding hydrogens is 396 g/mol. The second kappa shape index (κ2) is 8.85. The predicted molar refractivity (Wildman–Crippen MR) is 107 cm³/mol. The first-order chi connectivity index (χ1) is 12.3. The van der Waals surface area contributed by atoms with E-state index in [0.717, 1.165) is 4.47 Å². The normalized spacial score (nSPS) is 10.5. The van der Waals surface area contributed by atoms with Gasteiger partial charge in [0.1, 0.15) is 5.75 Å². The molecule has 0 aromatic heterocycles. The average molecular weight is 419 g/mol. The van der Waals surface area contributed by atoms with Crippen LogP contribution in [0.15, 0.2) is 46.9 Å². The maximum Gasteiger partial charge on any atom is 0.259 e. The summed E-state index contributed by atoms with van der Waals surface area (Å²) in [6.45, 7) is 4.63. The van der Waals surface area contributed by atoms with Crippen LogP contribution in [0.5, 0.6) is 5.75 Å². The van der Waals surface area contributed by atoms with Crippen LogP contribution in [0.3, 0.4) is 0 Å². The molecule has 2 aromatic carbocycles. The highest BCUT2D eigenvalue weighted by Gasteiger charge is 2.15. The summed E-state index contributed by atoms with van der Waals surface area (Å²) >= 11 is 3.39. The lowest BCUT2D eigenvalue weighted by atomic mass is 10.1. The Morgan fingerprint density at radius 3 is 2.35 bits per heavy atom. The van der Waals surface area contributed by atoms with Crippen molar-refractivity contribution < 1.29 is 14.3 Å². The maximum absolute atomic E-state index is 12.7. The lowest BCUT2D eigenvalue weighted by Crippen LogP contribution is -2.21. The highest BCUT2D eigenvalue weighted by Crippen LogP contribution is 2.25. The Hall–Kier alpha value is -2.34. The molecule has 0 atom stereocenters. The van der Waals surface area contributed by atoms with Gasteiger partial charge in [-0.25, -0.2) is 0 Å². The Morgan fingerprint density at radius 1 is 1.12 bits per heavy atom. The number of carbonyl (C=O) groups is 2. The molecule has 6 heteroatoms. The molecule has 2 amide bonds. The first-order valence-electron chi connectivity index (χ1n) is 8.33. The van der Waals surface area contributed by atoms with E-state index in [1.165, 1.54) is 4.90 Å². The maximum atomic E-state index is 12.7. The summed E-state index contributed by atoms with van der Waals surface area (Å²) in [7, 11) is 3.40. The fourth-order valence-corrected chi connectivity index (χ4v) is 2.58. The third-order valence-electron chi connectivity index (χ3n) is 3.55. The standard InChI is InChI=1S/C20H23BrN2O3/c1-13(2)12-26-18-10-7-15(21)11-17(18)19(24)22-16-8-5-14(6-9-16)20(25)23(3)4/h5-11,13H,12H2,1-4H3,(H,22,24). The fraction of sp³-hybridized carbons (Fsp3) is 0.300. The van der Waals surface area contributed by atoms with Gasteiger partial charge in [0.15, 0.2) is 0 Å². The molecular formula is C20H23BrN2O3.